The Labute approximate surface area is 106 Å². The van der Waals surface area contributed by atoms with Gasteiger partial charge < -0.3 is 0 Å². The molecule has 1 aromatic carbocycles. The highest BCUT2D eigenvalue weighted by Crippen LogP contribution is 2.40. The summed E-state index contributed by atoms with van der Waals surface area (Å²) in [6, 6.07) is 0.611. The Morgan fingerprint density at radius 2 is 1.44 bits per heavy atom. The van der Waals surface area contributed by atoms with Crippen LogP contribution in [0.25, 0.3) is 0 Å². The zero-order chi connectivity index (χ0) is 14.3. The molecule has 0 aromatic heterocycles. The molecule has 0 aliphatic carbocycles. The standard InChI is InChI=1S/C9H2Cl2F6O/c10-5-3(7(18)9(15,16)17)1-2-4(6(5)11)8(12,13)14/h1-2H. The van der Waals surface area contributed by atoms with Crippen LogP contribution in [0.4, 0.5) is 26.3 Å². The van der Waals surface area contributed by atoms with Crippen molar-refractivity contribution in [3.05, 3.63) is 33.3 Å². The van der Waals surface area contributed by atoms with Crippen molar-refractivity contribution in [2.24, 2.45) is 0 Å². The van der Waals surface area contributed by atoms with Crippen molar-refractivity contribution in [3.8, 4) is 0 Å². The van der Waals surface area contributed by atoms with Gasteiger partial charge in [0.05, 0.1) is 15.6 Å². The third-order valence-corrected chi connectivity index (χ3v) is 2.77. The van der Waals surface area contributed by atoms with Gasteiger partial charge in [-0.15, -0.1) is 0 Å². The molecule has 0 saturated carbocycles. The monoisotopic (exact) mass is 310 g/mol. The first kappa shape index (κ1) is 15.1. The number of benzene rings is 1. The molecule has 0 aliphatic heterocycles. The number of carbonyl (C=O) groups is 1. The summed E-state index contributed by atoms with van der Waals surface area (Å²) in [5.74, 6) is -2.36. The summed E-state index contributed by atoms with van der Waals surface area (Å²) in [6.45, 7) is 0. The number of hydrogen-bond donors (Lipinski definition) is 0. The van der Waals surface area contributed by atoms with E-state index < -0.39 is 39.3 Å². The molecule has 1 nitrogen and oxygen atoms in total. The minimum Gasteiger partial charge on any atom is -0.284 e. The highest BCUT2D eigenvalue weighted by Gasteiger charge is 2.42. The van der Waals surface area contributed by atoms with Gasteiger partial charge in [-0.1, -0.05) is 23.2 Å². The molecule has 18 heavy (non-hydrogen) atoms. The fourth-order valence-electron chi connectivity index (χ4n) is 1.10. The topological polar surface area (TPSA) is 17.1 Å². The van der Waals surface area contributed by atoms with Crippen LogP contribution in [-0.4, -0.2) is 12.0 Å². The Morgan fingerprint density at radius 1 is 0.944 bits per heavy atom. The second-order valence-corrected chi connectivity index (χ2v) is 3.87. The summed E-state index contributed by atoms with van der Waals surface area (Å²) < 4.78 is 73.4. The normalized spacial score (nSPS) is 12.7. The van der Waals surface area contributed by atoms with Crippen LogP contribution in [0, 0.1) is 0 Å². The van der Waals surface area contributed by atoms with E-state index in [1.165, 1.54) is 0 Å². The molecule has 0 radical (unpaired) electrons. The zero-order valence-electron chi connectivity index (χ0n) is 8.09. The molecule has 0 atom stereocenters. The van der Waals surface area contributed by atoms with E-state index in [9.17, 15) is 31.1 Å². The molecular formula is C9H2Cl2F6O. The molecule has 1 rings (SSSR count). The Kier molecular flexibility index (Phi) is 3.88. The van der Waals surface area contributed by atoms with Gasteiger partial charge >= 0.3 is 12.4 Å². The molecule has 100 valence electrons. The highest BCUT2D eigenvalue weighted by atomic mass is 35.5. The molecule has 9 heteroatoms. The van der Waals surface area contributed by atoms with Crippen LogP contribution in [0.3, 0.4) is 0 Å². The third-order valence-electron chi connectivity index (χ3n) is 1.89. The van der Waals surface area contributed by atoms with E-state index in [2.05, 4.69) is 0 Å². The molecule has 1 aromatic rings. The summed E-state index contributed by atoms with van der Waals surface area (Å²) in [6.07, 6.45) is -10.1. The second-order valence-electron chi connectivity index (χ2n) is 3.11. The molecule has 0 saturated heterocycles. The van der Waals surface area contributed by atoms with E-state index in [1.54, 1.807) is 0 Å². The fourth-order valence-corrected chi connectivity index (χ4v) is 1.62. The zero-order valence-corrected chi connectivity index (χ0v) is 9.60. The van der Waals surface area contributed by atoms with E-state index in [0.717, 1.165) is 0 Å². The molecule has 0 aliphatic rings. The summed E-state index contributed by atoms with van der Waals surface area (Å²) in [5.41, 5.74) is -2.53. The average molecular weight is 311 g/mol. The van der Waals surface area contributed by atoms with Gasteiger partial charge in [0, 0.05) is 5.56 Å². The first-order chi connectivity index (χ1) is 7.96. The second kappa shape index (κ2) is 4.62. The first-order valence-electron chi connectivity index (χ1n) is 4.13. The number of alkyl halides is 6. The Morgan fingerprint density at radius 3 is 1.83 bits per heavy atom. The molecule has 0 spiro atoms. The molecule has 0 N–H and O–H groups in total. The SMILES string of the molecule is O=C(c1ccc(C(F)(F)F)c(Cl)c1Cl)C(F)(F)F. The quantitative estimate of drug-likeness (QED) is 0.540. The van der Waals surface area contributed by atoms with Crippen molar-refractivity contribution < 1.29 is 31.1 Å². The van der Waals surface area contributed by atoms with Crippen LogP contribution >= 0.6 is 23.2 Å². The van der Waals surface area contributed by atoms with Crippen LogP contribution in [0.2, 0.25) is 10.0 Å². The summed E-state index contributed by atoms with van der Waals surface area (Å²) in [4.78, 5) is 10.9. The largest absolute Gasteiger partial charge is 0.454 e. The summed E-state index contributed by atoms with van der Waals surface area (Å²) >= 11 is 10.5. The van der Waals surface area contributed by atoms with Crippen molar-refractivity contribution in [3.63, 3.8) is 0 Å². The van der Waals surface area contributed by atoms with Gasteiger partial charge in [-0.3, -0.25) is 4.79 Å². The van der Waals surface area contributed by atoms with E-state index in [0.29, 0.717) is 6.07 Å². The highest BCUT2D eigenvalue weighted by molar-refractivity contribution is 6.44. The molecule has 0 unspecified atom stereocenters. The number of Topliss-reactive ketones (excluding diaryl/α,β-unsaturated/α-hetero) is 1. The molecule has 0 fully saturated rings. The molecule has 0 bridgehead atoms. The van der Waals surface area contributed by atoms with Crippen molar-refractivity contribution in [1.29, 1.82) is 0 Å². The Bertz CT molecular complexity index is 491. The van der Waals surface area contributed by atoms with Gasteiger partial charge in [0.25, 0.3) is 5.78 Å². The smallest absolute Gasteiger partial charge is 0.284 e. The van der Waals surface area contributed by atoms with Crippen LogP contribution in [0.15, 0.2) is 12.1 Å². The van der Waals surface area contributed by atoms with Crippen molar-refractivity contribution in [2.75, 3.05) is 0 Å². The maximum Gasteiger partial charge on any atom is 0.454 e. The van der Waals surface area contributed by atoms with Crippen LogP contribution in [0.5, 0.6) is 0 Å². The number of halogens is 8. The molecule has 0 amide bonds. The molecular weight excluding hydrogens is 309 g/mol. The minimum absolute atomic E-state index is 0.271. The third kappa shape index (κ3) is 2.89. The lowest BCUT2D eigenvalue weighted by molar-refractivity contribution is -0.137. The van der Waals surface area contributed by atoms with Crippen LogP contribution in [-0.2, 0) is 6.18 Å². The maximum absolute atomic E-state index is 12.3. The van der Waals surface area contributed by atoms with Gasteiger partial charge in [0.15, 0.2) is 0 Å². The number of ketones is 1. The van der Waals surface area contributed by atoms with Gasteiger partial charge in [0.2, 0.25) is 0 Å². The predicted octanol–water partition coefficient (Wildman–Crippen LogP) is 4.76. The predicted molar refractivity (Wildman–Crippen MR) is 51.8 cm³/mol. The molecule has 0 heterocycles. The first-order valence-corrected chi connectivity index (χ1v) is 4.88. The van der Waals surface area contributed by atoms with Gasteiger partial charge in [-0.05, 0) is 12.1 Å². The lowest BCUT2D eigenvalue weighted by Crippen LogP contribution is -2.23. The minimum atomic E-state index is -5.24. The lowest BCUT2D eigenvalue weighted by Gasteiger charge is -2.13. The van der Waals surface area contributed by atoms with Crippen molar-refractivity contribution in [2.45, 2.75) is 12.4 Å². The Hall–Kier alpha value is -0.950. The van der Waals surface area contributed by atoms with Crippen molar-refractivity contribution >= 4 is 29.0 Å². The average Bonchev–Trinajstić information content (AvgIpc) is 2.17. The summed E-state index contributed by atoms with van der Waals surface area (Å²) in [5, 5.41) is -2.21. The lowest BCUT2D eigenvalue weighted by atomic mass is 10.1. The Balaban J connectivity index is 3.39. The van der Waals surface area contributed by atoms with Crippen LogP contribution in [0.1, 0.15) is 15.9 Å². The van der Waals surface area contributed by atoms with E-state index in [-0.39, 0.29) is 6.07 Å². The van der Waals surface area contributed by atoms with Crippen molar-refractivity contribution in [1.82, 2.24) is 0 Å². The summed E-state index contributed by atoms with van der Waals surface area (Å²) in [7, 11) is 0. The van der Waals surface area contributed by atoms with E-state index in [4.69, 9.17) is 23.2 Å². The van der Waals surface area contributed by atoms with Gasteiger partial charge in [-0.25, -0.2) is 0 Å². The van der Waals surface area contributed by atoms with E-state index >= 15 is 0 Å². The number of rotatable bonds is 1. The van der Waals surface area contributed by atoms with Gasteiger partial charge in [-0.2, -0.15) is 26.3 Å². The number of carbonyl (C=O) groups excluding carboxylic acids is 1. The number of hydrogen-bond acceptors (Lipinski definition) is 1. The fraction of sp³-hybridized carbons (Fsp3) is 0.222. The van der Waals surface area contributed by atoms with Crippen LogP contribution < -0.4 is 0 Å². The van der Waals surface area contributed by atoms with Gasteiger partial charge in [0.1, 0.15) is 0 Å². The maximum atomic E-state index is 12.3. The van der Waals surface area contributed by atoms with E-state index in [1.807, 2.05) is 0 Å².